The van der Waals surface area contributed by atoms with Crippen LogP contribution in [0.1, 0.15) is 41.6 Å². The predicted octanol–water partition coefficient (Wildman–Crippen LogP) is 4.17. The molecule has 1 aromatic heterocycles. The number of hydrogen-bond acceptors (Lipinski definition) is 3. The fraction of sp³-hybridized carbons (Fsp3) is 0.350. The van der Waals surface area contributed by atoms with Crippen LogP contribution in [-0.4, -0.2) is 28.8 Å². The van der Waals surface area contributed by atoms with E-state index in [1.807, 2.05) is 0 Å². The van der Waals surface area contributed by atoms with E-state index in [4.69, 9.17) is 0 Å². The SMILES string of the molecule is O=C(NC(=NC1CCC(F)(F)CC1)Nc1cccc(=O)[nH]1)c1ccc(C(F)(F)F)cc1. The van der Waals surface area contributed by atoms with Crippen LogP contribution in [0.2, 0.25) is 0 Å². The van der Waals surface area contributed by atoms with E-state index in [-0.39, 0.29) is 43.0 Å². The summed E-state index contributed by atoms with van der Waals surface area (Å²) in [6, 6.07) is 7.31. The topological polar surface area (TPSA) is 86.3 Å². The Morgan fingerprint density at radius 2 is 1.71 bits per heavy atom. The van der Waals surface area contributed by atoms with Gasteiger partial charge in [0.15, 0.2) is 0 Å². The predicted molar refractivity (Wildman–Crippen MR) is 104 cm³/mol. The van der Waals surface area contributed by atoms with Crippen molar-refractivity contribution in [3.8, 4) is 0 Å². The first-order valence-electron chi connectivity index (χ1n) is 9.42. The van der Waals surface area contributed by atoms with Gasteiger partial charge in [0.05, 0.1) is 11.6 Å². The first-order chi connectivity index (χ1) is 14.5. The highest BCUT2D eigenvalue weighted by Gasteiger charge is 2.35. The maximum atomic E-state index is 13.4. The number of anilines is 1. The largest absolute Gasteiger partial charge is 0.416 e. The second-order valence-corrected chi connectivity index (χ2v) is 7.15. The number of pyridine rings is 1. The van der Waals surface area contributed by atoms with Gasteiger partial charge in [-0.3, -0.25) is 14.9 Å². The Morgan fingerprint density at radius 1 is 1.06 bits per heavy atom. The molecule has 166 valence electrons. The fourth-order valence-electron chi connectivity index (χ4n) is 3.07. The molecule has 2 aromatic rings. The molecule has 1 heterocycles. The Balaban J connectivity index is 1.79. The molecule has 1 amide bonds. The molecule has 1 saturated carbocycles. The highest BCUT2D eigenvalue weighted by molar-refractivity contribution is 6.09. The number of aromatic amines is 1. The summed E-state index contributed by atoms with van der Waals surface area (Å²) in [5.41, 5.74) is -1.38. The quantitative estimate of drug-likeness (QED) is 0.379. The van der Waals surface area contributed by atoms with E-state index in [0.717, 1.165) is 24.3 Å². The number of amides is 1. The van der Waals surface area contributed by atoms with Crippen molar-refractivity contribution < 1.29 is 26.7 Å². The number of carbonyl (C=O) groups excluding carboxylic acids is 1. The highest BCUT2D eigenvalue weighted by atomic mass is 19.4. The van der Waals surface area contributed by atoms with E-state index in [9.17, 15) is 31.5 Å². The highest BCUT2D eigenvalue weighted by Crippen LogP contribution is 2.34. The van der Waals surface area contributed by atoms with Crippen LogP contribution in [0, 0.1) is 0 Å². The number of nitrogens with zero attached hydrogens (tertiary/aromatic N) is 1. The molecule has 0 unspecified atom stereocenters. The van der Waals surface area contributed by atoms with Crippen molar-refractivity contribution in [3.05, 3.63) is 63.9 Å². The molecule has 1 fully saturated rings. The molecule has 3 rings (SSSR count). The Hall–Kier alpha value is -3.24. The van der Waals surface area contributed by atoms with Crippen molar-refractivity contribution >= 4 is 17.7 Å². The van der Waals surface area contributed by atoms with Crippen LogP contribution in [0.4, 0.5) is 27.8 Å². The third-order valence-electron chi connectivity index (χ3n) is 4.73. The van der Waals surface area contributed by atoms with Crippen LogP contribution in [-0.2, 0) is 6.18 Å². The first kappa shape index (κ1) is 22.4. The summed E-state index contributed by atoms with van der Waals surface area (Å²) in [7, 11) is 0. The summed E-state index contributed by atoms with van der Waals surface area (Å²) in [6.45, 7) is 0. The minimum atomic E-state index is -4.54. The number of guanidine groups is 1. The van der Waals surface area contributed by atoms with Gasteiger partial charge < -0.3 is 10.3 Å². The standard InChI is InChI=1S/C20H19F5N4O2/c21-19(22)10-8-14(9-11-19)26-18(28-15-2-1-3-16(30)27-15)29-17(31)12-4-6-13(7-5-12)20(23,24)25/h1-7,14H,8-11H2,(H3,26,27,28,29,30,31). The van der Waals surface area contributed by atoms with E-state index in [2.05, 4.69) is 20.6 Å². The van der Waals surface area contributed by atoms with Crippen LogP contribution in [0.25, 0.3) is 0 Å². The fourth-order valence-corrected chi connectivity index (χ4v) is 3.07. The van der Waals surface area contributed by atoms with E-state index < -0.39 is 35.2 Å². The lowest BCUT2D eigenvalue weighted by Gasteiger charge is -2.26. The van der Waals surface area contributed by atoms with Crippen molar-refractivity contribution in [2.24, 2.45) is 4.99 Å². The van der Waals surface area contributed by atoms with Gasteiger partial charge in [-0.2, -0.15) is 13.2 Å². The molecular weight excluding hydrogens is 423 g/mol. The lowest BCUT2D eigenvalue weighted by Crippen LogP contribution is -2.38. The van der Waals surface area contributed by atoms with Gasteiger partial charge in [-0.1, -0.05) is 6.07 Å². The first-order valence-corrected chi connectivity index (χ1v) is 9.42. The van der Waals surface area contributed by atoms with Crippen LogP contribution < -0.4 is 16.2 Å². The Morgan fingerprint density at radius 3 is 2.29 bits per heavy atom. The molecule has 0 bridgehead atoms. The third-order valence-corrected chi connectivity index (χ3v) is 4.73. The van der Waals surface area contributed by atoms with Crippen LogP contribution >= 0.6 is 0 Å². The lowest BCUT2D eigenvalue weighted by molar-refractivity contribution is -0.137. The molecule has 0 saturated heterocycles. The molecule has 1 aliphatic rings. The average molecular weight is 442 g/mol. The number of hydrogen-bond donors (Lipinski definition) is 3. The number of halogens is 5. The molecule has 1 aromatic carbocycles. The molecule has 0 aliphatic heterocycles. The number of aromatic nitrogens is 1. The van der Waals surface area contributed by atoms with Crippen LogP contribution in [0.5, 0.6) is 0 Å². The average Bonchev–Trinajstić information content (AvgIpc) is 2.69. The molecule has 0 spiro atoms. The van der Waals surface area contributed by atoms with Crippen molar-refractivity contribution in [2.45, 2.75) is 43.8 Å². The summed E-state index contributed by atoms with van der Waals surface area (Å²) in [4.78, 5) is 30.8. The molecule has 6 nitrogen and oxygen atoms in total. The van der Waals surface area contributed by atoms with Gasteiger partial charge in [0.1, 0.15) is 5.82 Å². The van der Waals surface area contributed by atoms with E-state index in [1.54, 1.807) is 0 Å². The summed E-state index contributed by atoms with van der Waals surface area (Å²) >= 11 is 0. The molecular formula is C20H19F5N4O2. The number of carbonyl (C=O) groups is 1. The number of benzene rings is 1. The summed E-state index contributed by atoms with van der Waals surface area (Å²) in [6.07, 6.45) is -5.03. The monoisotopic (exact) mass is 442 g/mol. The van der Waals surface area contributed by atoms with E-state index in [1.165, 1.54) is 18.2 Å². The van der Waals surface area contributed by atoms with Crippen LogP contribution in [0.15, 0.2) is 52.3 Å². The summed E-state index contributed by atoms with van der Waals surface area (Å²) < 4.78 is 64.9. The molecule has 31 heavy (non-hydrogen) atoms. The Bertz CT molecular complexity index is 1010. The number of rotatable bonds is 3. The minimum absolute atomic E-state index is 0.0563. The van der Waals surface area contributed by atoms with Crippen molar-refractivity contribution in [3.63, 3.8) is 0 Å². The van der Waals surface area contributed by atoms with Gasteiger partial charge in [0.25, 0.3) is 5.91 Å². The maximum Gasteiger partial charge on any atom is 0.416 e. The van der Waals surface area contributed by atoms with Gasteiger partial charge in [-0.05, 0) is 43.2 Å². The smallest absolute Gasteiger partial charge is 0.312 e. The number of H-pyrrole nitrogens is 1. The summed E-state index contributed by atoms with van der Waals surface area (Å²) in [5.74, 6) is -3.42. The van der Waals surface area contributed by atoms with Crippen LogP contribution in [0.3, 0.4) is 0 Å². The number of nitrogens with one attached hydrogen (secondary N) is 3. The van der Waals surface area contributed by atoms with Crippen molar-refractivity contribution in [1.29, 1.82) is 0 Å². The van der Waals surface area contributed by atoms with Crippen molar-refractivity contribution in [2.75, 3.05) is 5.32 Å². The molecule has 0 atom stereocenters. The lowest BCUT2D eigenvalue weighted by atomic mass is 9.93. The zero-order valence-electron chi connectivity index (χ0n) is 16.1. The van der Waals surface area contributed by atoms with Gasteiger partial charge in [0.2, 0.25) is 17.4 Å². The Kier molecular flexibility index (Phi) is 6.42. The number of aliphatic imine (C=N–C) groups is 1. The molecule has 3 N–H and O–H groups in total. The Labute approximate surface area is 173 Å². The molecule has 0 radical (unpaired) electrons. The zero-order chi connectivity index (χ0) is 22.6. The van der Waals surface area contributed by atoms with Gasteiger partial charge in [0, 0.05) is 24.5 Å². The van der Waals surface area contributed by atoms with Gasteiger partial charge in [-0.25, -0.2) is 13.8 Å². The van der Waals surface area contributed by atoms with Gasteiger partial charge in [-0.15, -0.1) is 0 Å². The number of alkyl halides is 5. The minimum Gasteiger partial charge on any atom is -0.312 e. The second-order valence-electron chi connectivity index (χ2n) is 7.15. The normalized spacial score (nSPS) is 17.3. The zero-order valence-corrected chi connectivity index (χ0v) is 16.1. The summed E-state index contributed by atoms with van der Waals surface area (Å²) in [5, 5.41) is 5.16. The van der Waals surface area contributed by atoms with E-state index >= 15 is 0 Å². The molecule has 11 heteroatoms. The van der Waals surface area contributed by atoms with Gasteiger partial charge >= 0.3 is 6.18 Å². The molecule has 1 aliphatic carbocycles. The maximum absolute atomic E-state index is 13.4. The van der Waals surface area contributed by atoms with Crippen molar-refractivity contribution in [1.82, 2.24) is 10.3 Å². The second kappa shape index (κ2) is 8.86. The third kappa shape index (κ3) is 6.37. The van der Waals surface area contributed by atoms with E-state index in [0.29, 0.717) is 0 Å².